The van der Waals surface area contributed by atoms with E-state index >= 15 is 0 Å². The first-order valence-electron chi connectivity index (χ1n) is 7.69. The van der Waals surface area contributed by atoms with Crippen molar-refractivity contribution in [2.24, 2.45) is 0 Å². The second-order valence-corrected chi connectivity index (χ2v) is 6.17. The highest BCUT2D eigenvalue weighted by atomic mass is 32.1. The van der Waals surface area contributed by atoms with Crippen LogP contribution >= 0.6 is 11.3 Å². The summed E-state index contributed by atoms with van der Waals surface area (Å²) in [4.78, 5) is 36.0. The van der Waals surface area contributed by atoms with Gasteiger partial charge in [0, 0.05) is 38.6 Å². The van der Waals surface area contributed by atoms with E-state index in [2.05, 4.69) is 9.97 Å². The molecule has 0 saturated carbocycles. The number of anilines is 1. The smallest absolute Gasteiger partial charge is 0.310 e. The highest BCUT2D eigenvalue weighted by Crippen LogP contribution is 2.10. The highest BCUT2D eigenvalue weighted by molar-refractivity contribution is 7.07. The van der Waals surface area contributed by atoms with Gasteiger partial charge in [-0.15, -0.1) is 0 Å². The molecule has 1 aliphatic rings. The number of thiophene rings is 1. The summed E-state index contributed by atoms with van der Waals surface area (Å²) in [6.45, 7) is 2.26. The van der Waals surface area contributed by atoms with E-state index in [4.69, 9.17) is 4.74 Å². The maximum Gasteiger partial charge on any atom is 0.310 e. The monoisotopic (exact) mass is 346 g/mol. The van der Waals surface area contributed by atoms with Crippen molar-refractivity contribution in [2.75, 3.05) is 37.7 Å². The molecule has 8 heteroatoms. The fourth-order valence-electron chi connectivity index (χ4n) is 2.45. The molecule has 0 bridgehead atoms. The first kappa shape index (κ1) is 16.4. The average Bonchev–Trinajstić information content (AvgIpc) is 3.13. The SMILES string of the molecule is O=C(Cc1ccsc1)OCC(=O)N1CCN(c2ncccn2)CC1. The van der Waals surface area contributed by atoms with Crippen molar-refractivity contribution in [3.8, 4) is 0 Å². The van der Waals surface area contributed by atoms with Gasteiger partial charge >= 0.3 is 5.97 Å². The predicted octanol–water partition coefficient (Wildman–Crippen LogP) is 0.973. The quantitative estimate of drug-likeness (QED) is 0.751. The molecule has 7 nitrogen and oxygen atoms in total. The molecular weight excluding hydrogens is 328 g/mol. The molecule has 0 spiro atoms. The molecule has 0 radical (unpaired) electrons. The van der Waals surface area contributed by atoms with Crippen LogP contribution < -0.4 is 4.90 Å². The standard InChI is InChI=1S/C16H18N4O3S/c21-14(11-23-15(22)10-13-2-9-24-12-13)19-5-7-20(8-6-19)16-17-3-1-4-18-16/h1-4,9,12H,5-8,10-11H2. The Hall–Kier alpha value is -2.48. The van der Waals surface area contributed by atoms with Gasteiger partial charge in [-0.1, -0.05) is 0 Å². The van der Waals surface area contributed by atoms with Crippen LogP contribution in [-0.2, 0) is 20.7 Å². The summed E-state index contributed by atoms with van der Waals surface area (Å²) in [7, 11) is 0. The molecule has 0 aliphatic carbocycles. The topological polar surface area (TPSA) is 75.6 Å². The summed E-state index contributed by atoms with van der Waals surface area (Å²) in [5.74, 6) is 0.132. The normalized spacial score (nSPS) is 14.5. The van der Waals surface area contributed by atoms with Crippen LogP contribution in [0.3, 0.4) is 0 Å². The van der Waals surface area contributed by atoms with Crippen LogP contribution in [0.2, 0.25) is 0 Å². The van der Waals surface area contributed by atoms with E-state index < -0.39 is 0 Å². The Morgan fingerprint density at radius 1 is 1.17 bits per heavy atom. The zero-order valence-electron chi connectivity index (χ0n) is 13.1. The second-order valence-electron chi connectivity index (χ2n) is 5.39. The van der Waals surface area contributed by atoms with Crippen LogP contribution in [0.1, 0.15) is 5.56 Å². The zero-order valence-corrected chi connectivity index (χ0v) is 13.9. The van der Waals surface area contributed by atoms with Crippen LogP contribution in [0.25, 0.3) is 0 Å². The van der Waals surface area contributed by atoms with Gasteiger partial charge in [0.05, 0.1) is 6.42 Å². The van der Waals surface area contributed by atoms with Gasteiger partial charge < -0.3 is 14.5 Å². The maximum atomic E-state index is 12.1. The third kappa shape index (κ3) is 4.29. The Morgan fingerprint density at radius 3 is 2.58 bits per heavy atom. The number of carbonyl (C=O) groups is 2. The fraction of sp³-hybridized carbons (Fsp3) is 0.375. The first-order chi connectivity index (χ1) is 11.7. The Morgan fingerprint density at radius 2 is 1.92 bits per heavy atom. The number of amides is 1. The van der Waals surface area contributed by atoms with Gasteiger partial charge in [0.15, 0.2) is 6.61 Å². The van der Waals surface area contributed by atoms with Gasteiger partial charge in [-0.05, 0) is 28.5 Å². The molecule has 0 atom stereocenters. The minimum absolute atomic E-state index is 0.165. The van der Waals surface area contributed by atoms with Crippen LogP contribution in [0, 0.1) is 0 Å². The summed E-state index contributed by atoms with van der Waals surface area (Å²) in [6.07, 6.45) is 3.61. The number of hydrogen-bond acceptors (Lipinski definition) is 7. The Balaban J connectivity index is 1.41. The summed E-state index contributed by atoms with van der Waals surface area (Å²) in [5.41, 5.74) is 0.911. The van der Waals surface area contributed by atoms with Crippen molar-refractivity contribution in [3.63, 3.8) is 0 Å². The number of piperazine rings is 1. The molecule has 1 saturated heterocycles. The van der Waals surface area contributed by atoms with Gasteiger partial charge in [0.1, 0.15) is 0 Å². The molecule has 2 aromatic rings. The predicted molar refractivity (Wildman–Crippen MR) is 89.8 cm³/mol. The van der Waals surface area contributed by atoms with Crippen LogP contribution in [0.15, 0.2) is 35.3 Å². The lowest BCUT2D eigenvalue weighted by molar-refractivity contribution is -0.151. The summed E-state index contributed by atoms with van der Waals surface area (Å²) < 4.78 is 5.08. The molecule has 1 amide bonds. The number of esters is 1. The number of hydrogen-bond donors (Lipinski definition) is 0. The number of aromatic nitrogens is 2. The van der Waals surface area contributed by atoms with E-state index in [9.17, 15) is 9.59 Å². The lowest BCUT2D eigenvalue weighted by Gasteiger charge is -2.34. The van der Waals surface area contributed by atoms with Crippen LogP contribution in [0.5, 0.6) is 0 Å². The number of ether oxygens (including phenoxy) is 1. The fourth-order valence-corrected chi connectivity index (χ4v) is 3.12. The van der Waals surface area contributed by atoms with Crippen molar-refractivity contribution in [1.82, 2.24) is 14.9 Å². The molecular formula is C16H18N4O3S. The van der Waals surface area contributed by atoms with E-state index in [1.54, 1.807) is 23.4 Å². The van der Waals surface area contributed by atoms with E-state index in [1.807, 2.05) is 21.7 Å². The molecule has 1 aliphatic heterocycles. The third-order valence-corrected chi connectivity index (χ3v) is 4.48. The van der Waals surface area contributed by atoms with E-state index in [1.165, 1.54) is 11.3 Å². The van der Waals surface area contributed by atoms with Crippen LogP contribution in [-0.4, -0.2) is 59.5 Å². The van der Waals surface area contributed by atoms with E-state index in [-0.39, 0.29) is 24.9 Å². The molecule has 2 aromatic heterocycles. The summed E-state index contributed by atoms with van der Waals surface area (Å²) in [6, 6.07) is 3.65. The van der Waals surface area contributed by atoms with Gasteiger partial charge in [-0.2, -0.15) is 11.3 Å². The number of nitrogens with zero attached hydrogens (tertiary/aromatic N) is 4. The van der Waals surface area contributed by atoms with Gasteiger partial charge in [0.2, 0.25) is 5.95 Å². The summed E-state index contributed by atoms with van der Waals surface area (Å²) in [5, 5.41) is 3.80. The maximum absolute atomic E-state index is 12.1. The third-order valence-electron chi connectivity index (χ3n) is 3.75. The van der Waals surface area contributed by atoms with Crippen molar-refractivity contribution < 1.29 is 14.3 Å². The van der Waals surface area contributed by atoms with Gasteiger partial charge in [-0.3, -0.25) is 9.59 Å². The molecule has 0 aromatic carbocycles. The zero-order chi connectivity index (χ0) is 16.8. The molecule has 1 fully saturated rings. The van der Waals surface area contributed by atoms with E-state index in [0.29, 0.717) is 32.1 Å². The molecule has 3 heterocycles. The van der Waals surface area contributed by atoms with Crippen molar-refractivity contribution >= 4 is 29.2 Å². The van der Waals surface area contributed by atoms with Crippen LogP contribution in [0.4, 0.5) is 5.95 Å². The van der Waals surface area contributed by atoms with Crippen molar-refractivity contribution in [3.05, 3.63) is 40.8 Å². The largest absolute Gasteiger partial charge is 0.455 e. The minimum Gasteiger partial charge on any atom is -0.455 e. The Labute approximate surface area is 143 Å². The van der Waals surface area contributed by atoms with Crippen molar-refractivity contribution in [2.45, 2.75) is 6.42 Å². The van der Waals surface area contributed by atoms with Crippen molar-refractivity contribution in [1.29, 1.82) is 0 Å². The van der Waals surface area contributed by atoms with E-state index in [0.717, 1.165) is 5.56 Å². The Bertz CT molecular complexity index is 670. The Kier molecular flexibility index (Phi) is 5.37. The van der Waals surface area contributed by atoms with Gasteiger partial charge in [-0.25, -0.2) is 9.97 Å². The second kappa shape index (κ2) is 7.87. The molecule has 24 heavy (non-hydrogen) atoms. The van der Waals surface area contributed by atoms with Gasteiger partial charge in [0.25, 0.3) is 5.91 Å². The number of rotatable bonds is 5. The minimum atomic E-state index is -0.377. The number of carbonyl (C=O) groups excluding carboxylic acids is 2. The lowest BCUT2D eigenvalue weighted by Crippen LogP contribution is -2.50. The first-order valence-corrected chi connectivity index (χ1v) is 8.63. The highest BCUT2D eigenvalue weighted by Gasteiger charge is 2.23. The molecule has 0 unspecified atom stereocenters. The lowest BCUT2D eigenvalue weighted by atomic mass is 10.2. The summed E-state index contributed by atoms with van der Waals surface area (Å²) >= 11 is 1.53. The average molecular weight is 346 g/mol. The molecule has 126 valence electrons. The molecule has 0 N–H and O–H groups in total. The molecule has 3 rings (SSSR count).